The third kappa shape index (κ3) is 5.28. The third-order valence-corrected chi connectivity index (χ3v) is 4.15. The molecule has 0 atom stereocenters. The number of esters is 1. The minimum atomic E-state index is -0.290. The molecule has 0 aliphatic carbocycles. The molecule has 3 heteroatoms. The lowest BCUT2D eigenvalue weighted by Crippen LogP contribution is -2.12. The number of unbranched alkanes of at least 4 members (excludes halogenated alkanes) is 2. The Labute approximate surface area is 150 Å². The van der Waals surface area contributed by atoms with Gasteiger partial charge >= 0.3 is 5.97 Å². The predicted octanol–water partition coefficient (Wildman–Crippen LogP) is 5.36. The van der Waals surface area contributed by atoms with Crippen LogP contribution in [-0.2, 0) is 11.2 Å². The summed E-state index contributed by atoms with van der Waals surface area (Å²) in [5.74, 6) is -0.0362. The van der Waals surface area contributed by atoms with Crippen molar-refractivity contribution in [3.8, 4) is 5.75 Å². The average molecular weight is 338 g/mol. The Morgan fingerprint density at radius 3 is 2.20 bits per heavy atom. The molecule has 0 spiro atoms. The molecule has 0 fully saturated rings. The fourth-order valence-corrected chi connectivity index (χ4v) is 2.71. The molecule has 2 aromatic rings. The highest BCUT2D eigenvalue weighted by Gasteiger charge is 2.18. The van der Waals surface area contributed by atoms with E-state index in [0.717, 1.165) is 37.7 Å². The molecule has 0 N–H and O–H groups in total. The van der Waals surface area contributed by atoms with Gasteiger partial charge in [0.1, 0.15) is 5.75 Å². The van der Waals surface area contributed by atoms with Crippen LogP contribution in [0.5, 0.6) is 5.75 Å². The molecule has 0 aliphatic heterocycles. The number of carbonyl (C=O) groups excluding carboxylic acids is 2. The van der Waals surface area contributed by atoms with Crippen LogP contribution >= 0.6 is 0 Å². The van der Waals surface area contributed by atoms with Crippen LogP contribution in [0.2, 0.25) is 0 Å². The Morgan fingerprint density at radius 1 is 0.840 bits per heavy atom. The predicted molar refractivity (Wildman–Crippen MR) is 100 cm³/mol. The van der Waals surface area contributed by atoms with E-state index in [9.17, 15) is 9.59 Å². The minimum absolute atomic E-state index is 0.0920. The molecular formula is C22H26O3. The molecule has 132 valence electrons. The Balaban J connectivity index is 2.27. The SMILES string of the molecule is CCCCC(=O)Oc1ccccc1C(=O)c1ccccc1CCCC. The van der Waals surface area contributed by atoms with Crippen LogP contribution in [0.25, 0.3) is 0 Å². The Bertz CT molecular complexity index is 719. The molecule has 25 heavy (non-hydrogen) atoms. The van der Waals surface area contributed by atoms with Crippen LogP contribution in [-0.4, -0.2) is 11.8 Å². The molecule has 0 amide bonds. The van der Waals surface area contributed by atoms with Crippen molar-refractivity contribution in [2.75, 3.05) is 0 Å². The number of para-hydroxylation sites is 1. The van der Waals surface area contributed by atoms with Crippen LogP contribution in [0.15, 0.2) is 48.5 Å². The number of ether oxygens (including phenoxy) is 1. The van der Waals surface area contributed by atoms with Gasteiger partial charge in [-0.2, -0.15) is 0 Å². The monoisotopic (exact) mass is 338 g/mol. The molecular weight excluding hydrogens is 312 g/mol. The number of hydrogen-bond donors (Lipinski definition) is 0. The fraction of sp³-hybridized carbons (Fsp3) is 0.364. The van der Waals surface area contributed by atoms with E-state index >= 15 is 0 Å². The Morgan fingerprint density at radius 2 is 1.48 bits per heavy atom. The van der Waals surface area contributed by atoms with E-state index in [-0.39, 0.29) is 11.8 Å². The van der Waals surface area contributed by atoms with Gasteiger partial charge in [-0.1, -0.05) is 63.1 Å². The molecule has 2 rings (SSSR count). The fourth-order valence-electron chi connectivity index (χ4n) is 2.71. The average Bonchev–Trinajstić information content (AvgIpc) is 2.65. The second kappa shape index (κ2) is 9.77. The van der Waals surface area contributed by atoms with Gasteiger partial charge in [-0.15, -0.1) is 0 Å². The summed E-state index contributed by atoms with van der Waals surface area (Å²) in [5.41, 5.74) is 2.17. The molecule has 0 bridgehead atoms. The summed E-state index contributed by atoms with van der Waals surface area (Å²) in [6.45, 7) is 4.16. The van der Waals surface area contributed by atoms with Gasteiger partial charge < -0.3 is 4.74 Å². The summed E-state index contributed by atoms with van der Waals surface area (Å²) in [6, 6.07) is 14.7. The van der Waals surface area contributed by atoms with Crippen molar-refractivity contribution in [2.24, 2.45) is 0 Å². The van der Waals surface area contributed by atoms with E-state index in [4.69, 9.17) is 4.74 Å². The number of carbonyl (C=O) groups is 2. The van der Waals surface area contributed by atoms with Gasteiger partial charge in [-0.3, -0.25) is 9.59 Å². The van der Waals surface area contributed by atoms with Crippen molar-refractivity contribution >= 4 is 11.8 Å². The normalized spacial score (nSPS) is 10.5. The lowest BCUT2D eigenvalue weighted by Gasteiger charge is -2.12. The molecule has 0 saturated carbocycles. The number of rotatable bonds is 9. The van der Waals surface area contributed by atoms with Crippen molar-refractivity contribution in [3.05, 3.63) is 65.2 Å². The summed E-state index contributed by atoms with van der Waals surface area (Å²) >= 11 is 0. The molecule has 0 aromatic heterocycles. The molecule has 0 radical (unpaired) electrons. The van der Waals surface area contributed by atoms with E-state index in [1.54, 1.807) is 24.3 Å². The summed E-state index contributed by atoms with van der Waals surface area (Å²) in [5, 5.41) is 0. The molecule has 0 unspecified atom stereocenters. The zero-order chi connectivity index (χ0) is 18.1. The van der Waals surface area contributed by atoms with E-state index in [2.05, 4.69) is 6.92 Å². The van der Waals surface area contributed by atoms with E-state index < -0.39 is 0 Å². The van der Waals surface area contributed by atoms with Gasteiger partial charge in [0.25, 0.3) is 0 Å². The summed E-state index contributed by atoms with van der Waals surface area (Å²) < 4.78 is 5.45. The second-order valence-corrected chi connectivity index (χ2v) is 6.16. The molecule has 3 nitrogen and oxygen atoms in total. The second-order valence-electron chi connectivity index (χ2n) is 6.16. The van der Waals surface area contributed by atoms with E-state index in [0.29, 0.717) is 23.3 Å². The van der Waals surface area contributed by atoms with Crippen molar-refractivity contribution in [2.45, 2.75) is 52.4 Å². The van der Waals surface area contributed by atoms with Gasteiger partial charge in [0.05, 0.1) is 5.56 Å². The van der Waals surface area contributed by atoms with Crippen LogP contribution in [0.4, 0.5) is 0 Å². The number of benzene rings is 2. The summed E-state index contributed by atoms with van der Waals surface area (Å²) in [7, 11) is 0. The summed E-state index contributed by atoms with van der Waals surface area (Å²) in [4.78, 5) is 25.0. The van der Waals surface area contributed by atoms with E-state index in [1.165, 1.54) is 0 Å². The first kappa shape index (κ1) is 18.9. The highest BCUT2D eigenvalue weighted by Crippen LogP contribution is 2.24. The topological polar surface area (TPSA) is 43.4 Å². The lowest BCUT2D eigenvalue weighted by atomic mass is 9.95. The van der Waals surface area contributed by atoms with Crippen LogP contribution in [0.3, 0.4) is 0 Å². The van der Waals surface area contributed by atoms with Crippen molar-refractivity contribution in [3.63, 3.8) is 0 Å². The van der Waals surface area contributed by atoms with Gasteiger partial charge in [-0.25, -0.2) is 0 Å². The standard InChI is InChI=1S/C22H26O3/c1-3-5-11-17-12-7-8-13-18(17)22(24)19-14-9-10-15-20(19)25-21(23)16-6-4-2/h7-10,12-15H,3-6,11,16H2,1-2H3. The third-order valence-electron chi connectivity index (χ3n) is 4.15. The van der Waals surface area contributed by atoms with Gasteiger partial charge in [0, 0.05) is 12.0 Å². The van der Waals surface area contributed by atoms with Crippen molar-refractivity contribution in [1.29, 1.82) is 0 Å². The quantitative estimate of drug-likeness (QED) is 0.351. The number of ketones is 1. The maximum atomic E-state index is 13.1. The zero-order valence-electron chi connectivity index (χ0n) is 15.1. The maximum absolute atomic E-state index is 13.1. The number of aryl methyl sites for hydroxylation is 1. The first-order valence-corrected chi connectivity index (χ1v) is 9.09. The minimum Gasteiger partial charge on any atom is -0.426 e. The highest BCUT2D eigenvalue weighted by atomic mass is 16.5. The lowest BCUT2D eigenvalue weighted by molar-refractivity contribution is -0.134. The van der Waals surface area contributed by atoms with Gasteiger partial charge in [-0.05, 0) is 37.0 Å². The first-order chi connectivity index (χ1) is 12.2. The van der Waals surface area contributed by atoms with Crippen LogP contribution < -0.4 is 4.74 Å². The molecule has 0 heterocycles. The molecule has 0 aliphatic rings. The largest absolute Gasteiger partial charge is 0.426 e. The summed E-state index contributed by atoms with van der Waals surface area (Å²) in [6.07, 6.45) is 5.07. The van der Waals surface area contributed by atoms with Gasteiger partial charge in [0.15, 0.2) is 5.78 Å². The van der Waals surface area contributed by atoms with Crippen molar-refractivity contribution < 1.29 is 14.3 Å². The highest BCUT2D eigenvalue weighted by molar-refractivity contribution is 6.11. The smallest absolute Gasteiger partial charge is 0.311 e. The maximum Gasteiger partial charge on any atom is 0.311 e. The molecule has 0 saturated heterocycles. The van der Waals surface area contributed by atoms with Gasteiger partial charge in [0.2, 0.25) is 0 Å². The number of hydrogen-bond acceptors (Lipinski definition) is 3. The van der Waals surface area contributed by atoms with Crippen LogP contribution in [0.1, 0.15) is 67.4 Å². The van der Waals surface area contributed by atoms with Crippen molar-refractivity contribution in [1.82, 2.24) is 0 Å². The molecule has 2 aromatic carbocycles. The Kier molecular flexibility index (Phi) is 7.39. The zero-order valence-corrected chi connectivity index (χ0v) is 15.1. The Hall–Kier alpha value is -2.42. The van der Waals surface area contributed by atoms with E-state index in [1.807, 2.05) is 31.2 Å². The first-order valence-electron chi connectivity index (χ1n) is 9.09. The van der Waals surface area contributed by atoms with Crippen LogP contribution in [0, 0.1) is 0 Å².